The molecule has 0 spiro atoms. The maximum Gasteiger partial charge on any atom is 0.255 e. The maximum absolute atomic E-state index is 5.47. The number of aryl methyl sites for hydroxylation is 4. The van der Waals surface area contributed by atoms with Crippen LogP contribution in [-0.2, 0) is 18.8 Å². The highest BCUT2D eigenvalue weighted by Gasteiger charge is 2.17. The normalized spacial score (nSPS) is 12.5. The molecule has 1 aliphatic rings. The second-order valence-electron chi connectivity index (χ2n) is 12.6. The Labute approximate surface area is 311 Å². The Hall–Kier alpha value is -7.16. The third kappa shape index (κ3) is 7.41. The standard InChI is InChI=1S/C22H21N7O.C18H14N6/c1-16-14-21(28-10-12-30-13-11-28)29-22(23-16)25-19(26-29)8-9-20-24-18(15-27(20)2)17-6-4-3-5-7-17;1-13-10-11-24-18(19-13)21-16(22-24)8-9-17-20-15(12-23(17)2)14-6-4-3-5-7-14/h3-7,14-15H,10-13H2,1-2H3;3-7,10-12H,1-2H3. The topological polar surface area (TPSA) is 134 Å². The molecule has 1 aliphatic heterocycles. The van der Waals surface area contributed by atoms with Crippen molar-refractivity contribution in [3.8, 4) is 46.2 Å². The first-order valence-corrected chi connectivity index (χ1v) is 17.3. The van der Waals surface area contributed by atoms with Gasteiger partial charge in [-0.05, 0) is 43.6 Å². The Morgan fingerprint density at radius 3 is 1.76 bits per heavy atom. The van der Waals surface area contributed by atoms with E-state index in [0.29, 0.717) is 48.1 Å². The minimum atomic E-state index is 0.423. The second kappa shape index (κ2) is 14.8. The second-order valence-corrected chi connectivity index (χ2v) is 12.6. The average Bonchev–Trinajstić information content (AvgIpc) is 3.98. The van der Waals surface area contributed by atoms with Crippen molar-refractivity contribution in [3.05, 3.63) is 126 Å². The van der Waals surface area contributed by atoms with Crippen molar-refractivity contribution in [3.63, 3.8) is 0 Å². The van der Waals surface area contributed by atoms with Crippen LogP contribution in [0.1, 0.15) is 34.7 Å². The summed E-state index contributed by atoms with van der Waals surface area (Å²) >= 11 is 0. The Kier molecular flexibility index (Phi) is 9.32. The van der Waals surface area contributed by atoms with Crippen LogP contribution in [0.2, 0.25) is 0 Å². The lowest BCUT2D eigenvalue weighted by Gasteiger charge is -2.28. The zero-order chi connectivity index (χ0) is 37.0. The molecule has 0 atom stereocenters. The highest BCUT2D eigenvalue weighted by atomic mass is 16.5. The fourth-order valence-electron chi connectivity index (χ4n) is 5.84. The quantitative estimate of drug-likeness (QED) is 0.244. The lowest BCUT2D eigenvalue weighted by Crippen LogP contribution is -2.37. The van der Waals surface area contributed by atoms with Crippen LogP contribution in [0.25, 0.3) is 34.1 Å². The summed E-state index contributed by atoms with van der Waals surface area (Å²) in [6.07, 6.45) is 5.75. The van der Waals surface area contributed by atoms with Gasteiger partial charge >= 0.3 is 0 Å². The van der Waals surface area contributed by atoms with Gasteiger partial charge in [-0.15, -0.1) is 10.2 Å². The van der Waals surface area contributed by atoms with E-state index in [1.165, 1.54) is 0 Å². The molecule has 6 aromatic heterocycles. The van der Waals surface area contributed by atoms with Crippen LogP contribution in [0.5, 0.6) is 0 Å². The maximum atomic E-state index is 5.47. The van der Waals surface area contributed by atoms with Crippen LogP contribution in [0.15, 0.2) is 91.4 Å². The summed E-state index contributed by atoms with van der Waals surface area (Å²) in [5, 5.41) is 8.88. The summed E-state index contributed by atoms with van der Waals surface area (Å²) in [6, 6.07) is 24.0. The molecular formula is C40H35N13O. The van der Waals surface area contributed by atoms with Crippen LogP contribution in [-0.4, -0.2) is 84.6 Å². The molecule has 1 saturated heterocycles. The Bertz CT molecular complexity index is 2710. The van der Waals surface area contributed by atoms with Gasteiger partial charge in [0.05, 0.1) is 24.6 Å². The highest BCUT2D eigenvalue weighted by Crippen LogP contribution is 2.20. The van der Waals surface area contributed by atoms with Gasteiger partial charge in [0, 0.05) is 74.4 Å². The molecule has 1 fully saturated rings. The number of morpholine rings is 1. The lowest BCUT2D eigenvalue weighted by molar-refractivity contribution is 0.122. The van der Waals surface area contributed by atoms with Crippen molar-refractivity contribution in [2.24, 2.45) is 14.1 Å². The van der Waals surface area contributed by atoms with Gasteiger partial charge in [-0.3, -0.25) is 0 Å². The van der Waals surface area contributed by atoms with Crippen molar-refractivity contribution >= 4 is 17.4 Å². The van der Waals surface area contributed by atoms with Crippen molar-refractivity contribution in [2.45, 2.75) is 13.8 Å². The third-order valence-electron chi connectivity index (χ3n) is 8.57. The molecule has 14 heteroatoms. The molecular weight excluding hydrogens is 679 g/mol. The molecule has 8 aromatic rings. The van der Waals surface area contributed by atoms with Crippen molar-refractivity contribution < 1.29 is 4.74 Å². The monoisotopic (exact) mass is 713 g/mol. The molecule has 7 heterocycles. The zero-order valence-corrected chi connectivity index (χ0v) is 30.2. The highest BCUT2D eigenvalue weighted by molar-refractivity contribution is 5.60. The van der Waals surface area contributed by atoms with Gasteiger partial charge in [-0.2, -0.15) is 14.5 Å². The molecule has 0 N–H and O–H groups in total. The van der Waals surface area contributed by atoms with Gasteiger partial charge in [0.15, 0.2) is 11.6 Å². The van der Waals surface area contributed by atoms with E-state index in [-0.39, 0.29) is 0 Å². The molecule has 0 aliphatic carbocycles. The van der Waals surface area contributed by atoms with E-state index in [1.807, 2.05) is 128 Å². The number of rotatable bonds is 3. The van der Waals surface area contributed by atoms with Crippen LogP contribution in [0, 0.1) is 37.5 Å². The van der Waals surface area contributed by atoms with Crippen molar-refractivity contribution in [1.82, 2.24) is 58.3 Å². The molecule has 9 rings (SSSR count). The van der Waals surface area contributed by atoms with E-state index in [0.717, 1.165) is 52.8 Å². The van der Waals surface area contributed by atoms with Gasteiger partial charge in [0.2, 0.25) is 11.6 Å². The average molecular weight is 714 g/mol. The van der Waals surface area contributed by atoms with Gasteiger partial charge in [-0.25, -0.2) is 24.5 Å². The number of imidazole rings is 2. The molecule has 266 valence electrons. The SMILES string of the molecule is Cc1cc(N2CCOCC2)n2nc(C#Cc3nc(-c4ccccc4)cn3C)nc2n1.Cc1ccn2nc(C#Cc3nc(-c4ccccc4)cn3C)nc2n1. The van der Waals surface area contributed by atoms with Crippen LogP contribution in [0.3, 0.4) is 0 Å². The zero-order valence-electron chi connectivity index (χ0n) is 30.2. The molecule has 0 bridgehead atoms. The summed E-state index contributed by atoms with van der Waals surface area (Å²) in [6.45, 7) is 6.91. The van der Waals surface area contributed by atoms with Crippen molar-refractivity contribution in [2.75, 3.05) is 31.2 Å². The molecule has 2 aromatic carbocycles. The number of fused-ring (bicyclic) bond motifs is 2. The molecule has 0 unspecified atom stereocenters. The summed E-state index contributed by atoms with van der Waals surface area (Å²) in [5.74, 6) is 16.4. The molecule has 14 nitrogen and oxygen atoms in total. The largest absolute Gasteiger partial charge is 0.378 e. The Balaban J connectivity index is 0.000000157. The predicted molar refractivity (Wildman–Crippen MR) is 203 cm³/mol. The first kappa shape index (κ1) is 34.0. The number of benzene rings is 2. The van der Waals surface area contributed by atoms with Gasteiger partial charge in [0.25, 0.3) is 11.6 Å². The number of hydrogen-bond donors (Lipinski definition) is 0. The van der Waals surface area contributed by atoms with E-state index in [9.17, 15) is 0 Å². The number of anilines is 1. The number of hydrogen-bond acceptors (Lipinski definition) is 10. The van der Waals surface area contributed by atoms with Crippen LogP contribution >= 0.6 is 0 Å². The third-order valence-corrected chi connectivity index (χ3v) is 8.57. The number of aromatic nitrogens is 12. The molecule has 54 heavy (non-hydrogen) atoms. The number of ether oxygens (including phenoxy) is 1. The van der Waals surface area contributed by atoms with E-state index in [2.05, 4.69) is 68.7 Å². The predicted octanol–water partition coefficient (Wildman–Crippen LogP) is 4.30. The van der Waals surface area contributed by atoms with E-state index < -0.39 is 0 Å². The van der Waals surface area contributed by atoms with Crippen LogP contribution < -0.4 is 4.90 Å². The smallest absolute Gasteiger partial charge is 0.255 e. The van der Waals surface area contributed by atoms with Gasteiger partial charge in [-0.1, -0.05) is 60.7 Å². The minimum absolute atomic E-state index is 0.423. The van der Waals surface area contributed by atoms with Crippen molar-refractivity contribution in [1.29, 1.82) is 0 Å². The Morgan fingerprint density at radius 1 is 0.593 bits per heavy atom. The summed E-state index contributed by atoms with van der Waals surface area (Å²) in [4.78, 5) is 29.1. The lowest BCUT2D eigenvalue weighted by atomic mass is 10.2. The summed E-state index contributed by atoms with van der Waals surface area (Å²) in [7, 11) is 3.85. The van der Waals surface area contributed by atoms with Gasteiger partial charge in [0.1, 0.15) is 5.82 Å². The summed E-state index contributed by atoms with van der Waals surface area (Å²) in [5.41, 5.74) is 5.69. The first-order chi connectivity index (χ1) is 26.4. The molecule has 0 radical (unpaired) electrons. The van der Waals surface area contributed by atoms with Crippen LogP contribution in [0.4, 0.5) is 5.82 Å². The Morgan fingerprint density at radius 2 is 1.15 bits per heavy atom. The molecule has 0 saturated carbocycles. The minimum Gasteiger partial charge on any atom is -0.378 e. The van der Waals surface area contributed by atoms with E-state index in [4.69, 9.17) is 4.74 Å². The fourth-order valence-corrected chi connectivity index (χ4v) is 5.84. The van der Waals surface area contributed by atoms with Gasteiger partial charge < -0.3 is 18.8 Å². The first-order valence-electron chi connectivity index (χ1n) is 17.3. The summed E-state index contributed by atoms with van der Waals surface area (Å²) < 4.78 is 12.6. The number of nitrogens with zero attached hydrogens (tertiary/aromatic N) is 13. The fraction of sp³-hybridized carbons (Fsp3) is 0.200. The van der Waals surface area contributed by atoms with E-state index in [1.54, 1.807) is 9.03 Å². The molecule has 0 amide bonds. The van der Waals surface area contributed by atoms with E-state index >= 15 is 0 Å².